The molecule has 144 valence electrons. The Labute approximate surface area is 164 Å². The van der Waals surface area contributed by atoms with E-state index in [1.807, 2.05) is 12.1 Å². The number of para-hydroxylation sites is 1. The Morgan fingerprint density at radius 2 is 1.82 bits per heavy atom. The van der Waals surface area contributed by atoms with Crippen LogP contribution in [-0.2, 0) is 9.84 Å². The van der Waals surface area contributed by atoms with Gasteiger partial charge in [-0.15, -0.1) is 0 Å². The lowest BCUT2D eigenvalue weighted by Crippen LogP contribution is -2.19. The van der Waals surface area contributed by atoms with E-state index >= 15 is 0 Å². The van der Waals surface area contributed by atoms with Gasteiger partial charge in [0.2, 0.25) is 0 Å². The van der Waals surface area contributed by atoms with Gasteiger partial charge >= 0.3 is 0 Å². The largest absolute Gasteiger partial charge is 0.322 e. The lowest BCUT2D eigenvalue weighted by atomic mass is 10.1. The van der Waals surface area contributed by atoms with Crippen molar-refractivity contribution in [3.63, 3.8) is 0 Å². The molecule has 1 heterocycles. The van der Waals surface area contributed by atoms with Crippen LogP contribution in [0.4, 0.5) is 5.69 Å². The molecule has 1 fully saturated rings. The third-order valence-electron chi connectivity index (χ3n) is 5.06. The van der Waals surface area contributed by atoms with E-state index in [1.54, 1.807) is 59.5 Å². The number of amides is 1. The minimum Gasteiger partial charge on any atom is -0.322 e. The second-order valence-corrected chi connectivity index (χ2v) is 9.13. The highest BCUT2D eigenvalue weighted by Gasteiger charge is 2.30. The number of sulfone groups is 1. The fourth-order valence-corrected chi connectivity index (χ4v) is 5.52. The van der Waals surface area contributed by atoms with Gasteiger partial charge in [-0.1, -0.05) is 31.0 Å². The molecule has 0 saturated heterocycles. The molecule has 7 heteroatoms. The van der Waals surface area contributed by atoms with Crippen molar-refractivity contribution < 1.29 is 13.2 Å². The first-order valence-electron chi connectivity index (χ1n) is 9.30. The van der Waals surface area contributed by atoms with Crippen LogP contribution in [0.1, 0.15) is 36.0 Å². The van der Waals surface area contributed by atoms with Gasteiger partial charge in [0.25, 0.3) is 5.91 Å². The predicted molar refractivity (Wildman–Crippen MR) is 107 cm³/mol. The Bertz CT molecular complexity index is 1090. The van der Waals surface area contributed by atoms with Crippen molar-refractivity contribution in [3.05, 3.63) is 72.6 Å². The van der Waals surface area contributed by atoms with Crippen molar-refractivity contribution in [2.45, 2.75) is 35.8 Å². The lowest BCUT2D eigenvalue weighted by Gasteiger charge is -2.13. The van der Waals surface area contributed by atoms with E-state index in [1.165, 1.54) is 0 Å². The molecular formula is C21H21N3O3S. The van der Waals surface area contributed by atoms with Crippen LogP contribution in [0.25, 0.3) is 5.69 Å². The summed E-state index contributed by atoms with van der Waals surface area (Å²) >= 11 is 0. The molecule has 1 N–H and O–H groups in total. The topological polar surface area (TPSA) is 81.1 Å². The van der Waals surface area contributed by atoms with Crippen molar-refractivity contribution in [2.75, 3.05) is 5.32 Å². The summed E-state index contributed by atoms with van der Waals surface area (Å²) in [5.74, 6) is -0.318. The number of hydrogen-bond donors (Lipinski definition) is 1. The number of carbonyl (C=O) groups is 1. The van der Waals surface area contributed by atoms with Gasteiger partial charge in [0.05, 0.1) is 21.4 Å². The molecule has 1 aliphatic rings. The number of hydrogen-bond acceptors (Lipinski definition) is 4. The summed E-state index contributed by atoms with van der Waals surface area (Å²) in [6.07, 6.45) is 6.72. The molecule has 1 aliphatic carbocycles. The maximum Gasteiger partial charge on any atom is 0.257 e. The molecular weight excluding hydrogens is 374 g/mol. The Balaban J connectivity index is 1.60. The predicted octanol–water partition coefficient (Wildman–Crippen LogP) is 3.84. The molecule has 2 aromatic carbocycles. The number of nitrogens with one attached hydrogen (secondary N) is 1. The first-order chi connectivity index (χ1) is 13.6. The van der Waals surface area contributed by atoms with E-state index in [2.05, 4.69) is 10.4 Å². The molecule has 0 atom stereocenters. The smallest absolute Gasteiger partial charge is 0.257 e. The monoisotopic (exact) mass is 395 g/mol. The minimum absolute atomic E-state index is 0.262. The van der Waals surface area contributed by atoms with Gasteiger partial charge in [-0.25, -0.2) is 13.1 Å². The fourth-order valence-electron chi connectivity index (χ4n) is 3.62. The molecule has 0 unspecified atom stereocenters. The molecule has 1 saturated carbocycles. The van der Waals surface area contributed by atoms with Crippen molar-refractivity contribution in [1.82, 2.24) is 9.78 Å². The van der Waals surface area contributed by atoms with Gasteiger partial charge < -0.3 is 5.32 Å². The normalized spacial score (nSPS) is 14.9. The zero-order valence-electron chi connectivity index (χ0n) is 15.3. The number of rotatable bonds is 5. The number of benzene rings is 2. The van der Waals surface area contributed by atoms with Crippen LogP contribution in [0.3, 0.4) is 0 Å². The molecule has 0 aliphatic heterocycles. The summed E-state index contributed by atoms with van der Waals surface area (Å²) < 4.78 is 27.3. The van der Waals surface area contributed by atoms with E-state index in [0.29, 0.717) is 29.8 Å². The third kappa shape index (κ3) is 3.57. The standard InChI is InChI=1S/C21H21N3O3S/c25-21(19-11-3-4-12-20(19)24-14-6-13-22-24)23-16-7-5-10-18(15-16)28(26,27)17-8-1-2-9-17/h3-7,10-15,17H,1-2,8-9H2,(H,23,25). The quantitative estimate of drug-likeness (QED) is 0.712. The average molecular weight is 395 g/mol. The summed E-state index contributed by atoms with van der Waals surface area (Å²) in [5.41, 5.74) is 1.56. The van der Waals surface area contributed by atoms with Crippen molar-refractivity contribution in [3.8, 4) is 5.69 Å². The SMILES string of the molecule is O=C(Nc1cccc(S(=O)(=O)C2CCCC2)c1)c1ccccc1-n1cccn1. The number of aromatic nitrogens is 2. The van der Waals surface area contributed by atoms with E-state index in [-0.39, 0.29) is 16.1 Å². The fraction of sp³-hybridized carbons (Fsp3) is 0.238. The molecule has 4 rings (SSSR count). The summed E-state index contributed by atoms with van der Waals surface area (Å²) in [5, 5.41) is 6.68. The van der Waals surface area contributed by atoms with Crippen LogP contribution in [0.2, 0.25) is 0 Å². The van der Waals surface area contributed by atoms with Crippen LogP contribution in [0.5, 0.6) is 0 Å². The highest BCUT2D eigenvalue weighted by Crippen LogP contribution is 2.30. The van der Waals surface area contributed by atoms with Crippen LogP contribution in [0.15, 0.2) is 71.9 Å². The van der Waals surface area contributed by atoms with Crippen molar-refractivity contribution in [1.29, 1.82) is 0 Å². The third-order valence-corrected chi connectivity index (χ3v) is 7.32. The molecule has 0 bridgehead atoms. The molecule has 1 amide bonds. The lowest BCUT2D eigenvalue weighted by molar-refractivity contribution is 0.102. The van der Waals surface area contributed by atoms with Crippen LogP contribution >= 0.6 is 0 Å². The van der Waals surface area contributed by atoms with Crippen molar-refractivity contribution in [2.24, 2.45) is 0 Å². The maximum absolute atomic E-state index is 12.8. The Morgan fingerprint density at radius 1 is 1.04 bits per heavy atom. The Kier molecular flexibility index (Phi) is 5.00. The van der Waals surface area contributed by atoms with E-state index in [0.717, 1.165) is 12.8 Å². The number of carbonyl (C=O) groups excluding carboxylic acids is 1. The average Bonchev–Trinajstić information content (AvgIpc) is 3.42. The molecule has 28 heavy (non-hydrogen) atoms. The van der Waals surface area contributed by atoms with E-state index < -0.39 is 9.84 Å². The van der Waals surface area contributed by atoms with Gasteiger partial charge in [-0.2, -0.15) is 5.10 Å². The minimum atomic E-state index is -3.37. The second-order valence-electron chi connectivity index (χ2n) is 6.90. The first kappa shape index (κ1) is 18.4. The summed E-state index contributed by atoms with van der Waals surface area (Å²) in [6.45, 7) is 0. The molecule has 0 spiro atoms. The van der Waals surface area contributed by atoms with Crippen LogP contribution in [0, 0.1) is 0 Å². The van der Waals surface area contributed by atoms with Gasteiger partial charge in [0.1, 0.15) is 0 Å². The zero-order chi connectivity index (χ0) is 19.6. The zero-order valence-corrected chi connectivity index (χ0v) is 16.1. The number of anilines is 1. The Morgan fingerprint density at radius 3 is 2.57 bits per heavy atom. The Hall–Kier alpha value is -2.93. The first-order valence-corrected chi connectivity index (χ1v) is 10.8. The summed E-state index contributed by atoms with van der Waals surface area (Å²) in [4.78, 5) is 13.1. The van der Waals surface area contributed by atoms with E-state index in [9.17, 15) is 13.2 Å². The maximum atomic E-state index is 12.8. The molecule has 3 aromatic rings. The van der Waals surface area contributed by atoms with Gasteiger partial charge in [-0.05, 0) is 49.2 Å². The number of nitrogens with zero attached hydrogens (tertiary/aromatic N) is 2. The highest BCUT2D eigenvalue weighted by molar-refractivity contribution is 7.92. The summed E-state index contributed by atoms with van der Waals surface area (Å²) in [7, 11) is -3.37. The van der Waals surface area contributed by atoms with Crippen LogP contribution in [-0.4, -0.2) is 29.4 Å². The van der Waals surface area contributed by atoms with Gasteiger partial charge in [-0.3, -0.25) is 4.79 Å². The second kappa shape index (κ2) is 7.59. The van der Waals surface area contributed by atoms with Crippen LogP contribution < -0.4 is 5.32 Å². The van der Waals surface area contributed by atoms with E-state index in [4.69, 9.17) is 0 Å². The highest BCUT2D eigenvalue weighted by atomic mass is 32.2. The summed E-state index contributed by atoms with van der Waals surface area (Å²) in [6, 6.07) is 15.4. The van der Waals surface area contributed by atoms with Gasteiger partial charge in [0, 0.05) is 18.1 Å². The van der Waals surface area contributed by atoms with Gasteiger partial charge in [0.15, 0.2) is 9.84 Å². The molecule has 1 aromatic heterocycles. The molecule has 0 radical (unpaired) electrons. The molecule has 6 nitrogen and oxygen atoms in total. The van der Waals surface area contributed by atoms with Crippen molar-refractivity contribution >= 4 is 21.4 Å².